The van der Waals surface area contributed by atoms with Crippen molar-refractivity contribution >= 4 is 16.9 Å². The topological polar surface area (TPSA) is 72.2 Å². The summed E-state index contributed by atoms with van der Waals surface area (Å²) >= 11 is 0. The van der Waals surface area contributed by atoms with Crippen LogP contribution in [0.2, 0.25) is 0 Å². The van der Waals surface area contributed by atoms with Gasteiger partial charge in [-0.1, -0.05) is 24.3 Å². The van der Waals surface area contributed by atoms with Crippen LogP contribution < -0.4 is 5.43 Å². The Hall–Kier alpha value is -3.87. The van der Waals surface area contributed by atoms with Crippen LogP contribution in [0.4, 0.5) is 8.78 Å². The maximum absolute atomic E-state index is 14.2. The molecule has 0 aliphatic heterocycles. The van der Waals surface area contributed by atoms with Crippen LogP contribution in [-0.4, -0.2) is 20.6 Å². The molecule has 0 unspecified atom stereocenters. The fourth-order valence-electron chi connectivity index (χ4n) is 3.18. The summed E-state index contributed by atoms with van der Waals surface area (Å²) in [4.78, 5) is 28.1. The van der Waals surface area contributed by atoms with Crippen molar-refractivity contribution in [1.29, 1.82) is 0 Å². The zero-order chi connectivity index (χ0) is 20.5. The van der Waals surface area contributed by atoms with E-state index in [2.05, 4.69) is 4.98 Å². The van der Waals surface area contributed by atoms with Crippen LogP contribution in [0, 0.1) is 11.6 Å². The first-order valence-corrected chi connectivity index (χ1v) is 8.70. The second-order valence-corrected chi connectivity index (χ2v) is 6.48. The van der Waals surface area contributed by atoms with Crippen molar-refractivity contribution in [2.75, 3.05) is 0 Å². The maximum atomic E-state index is 14.2. The molecule has 0 aliphatic carbocycles. The van der Waals surface area contributed by atoms with E-state index in [1.165, 1.54) is 29.0 Å². The zero-order valence-corrected chi connectivity index (χ0v) is 15.0. The molecule has 0 bridgehead atoms. The molecule has 0 saturated heterocycles. The Morgan fingerprint density at radius 3 is 2.38 bits per heavy atom. The summed E-state index contributed by atoms with van der Waals surface area (Å²) in [5.41, 5.74) is 1.09. The van der Waals surface area contributed by atoms with Crippen LogP contribution in [-0.2, 0) is 6.54 Å². The molecule has 0 amide bonds. The first-order valence-electron chi connectivity index (χ1n) is 8.70. The van der Waals surface area contributed by atoms with Gasteiger partial charge >= 0.3 is 5.97 Å². The number of benzene rings is 2. The second kappa shape index (κ2) is 7.27. The molecular weight excluding hydrogens is 378 g/mol. The monoisotopic (exact) mass is 392 g/mol. The number of halogens is 2. The molecule has 4 aromatic rings. The predicted molar refractivity (Wildman–Crippen MR) is 104 cm³/mol. The highest BCUT2D eigenvalue weighted by atomic mass is 19.1. The lowest BCUT2D eigenvalue weighted by Crippen LogP contribution is -2.20. The summed E-state index contributed by atoms with van der Waals surface area (Å²) in [7, 11) is 0. The summed E-state index contributed by atoms with van der Waals surface area (Å²) in [6.45, 7) is 0.143. The van der Waals surface area contributed by atoms with E-state index in [0.29, 0.717) is 5.69 Å². The number of carboxylic acids is 1. The molecule has 0 aliphatic rings. The Balaban J connectivity index is 1.75. The highest BCUT2D eigenvalue weighted by molar-refractivity contribution is 5.92. The van der Waals surface area contributed by atoms with Gasteiger partial charge in [0.1, 0.15) is 17.2 Å². The van der Waals surface area contributed by atoms with Gasteiger partial charge in [-0.3, -0.25) is 9.78 Å². The Morgan fingerprint density at radius 2 is 1.72 bits per heavy atom. The van der Waals surface area contributed by atoms with Gasteiger partial charge in [0.25, 0.3) is 0 Å². The molecule has 5 nitrogen and oxygen atoms in total. The number of fused-ring (bicyclic) bond motifs is 1. The van der Waals surface area contributed by atoms with E-state index >= 15 is 0 Å². The minimum atomic E-state index is -1.42. The first-order chi connectivity index (χ1) is 13.9. The van der Waals surface area contributed by atoms with Gasteiger partial charge in [-0.15, -0.1) is 0 Å². The highest BCUT2D eigenvalue weighted by Crippen LogP contribution is 2.20. The molecular formula is C22H14F2N2O3. The van der Waals surface area contributed by atoms with Crippen molar-refractivity contribution in [1.82, 2.24) is 9.55 Å². The van der Waals surface area contributed by atoms with Gasteiger partial charge in [-0.05, 0) is 35.9 Å². The van der Waals surface area contributed by atoms with Crippen molar-refractivity contribution < 1.29 is 18.7 Å². The van der Waals surface area contributed by atoms with Crippen molar-refractivity contribution in [3.05, 3.63) is 100 Å². The predicted octanol–water partition coefficient (Wildman–Crippen LogP) is 4.09. The number of aromatic carboxylic acids is 1. The van der Waals surface area contributed by atoms with E-state index in [4.69, 9.17) is 0 Å². The fourth-order valence-corrected chi connectivity index (χ4v) is 3.18. The number of aromatic nitrogens is 2. The molecule has 0 atom stereocenters. The van der Waals surface area contributed by atoms with Crippen LogP contribution in [0.3, 0.4) is 0 Å². The van der Waals surface area contributed by atoms with Gasteiger partial charge in [0.05, 0.1) is 23.1 Å². The third-order valence-electron chi connectivity index (χ3n) is 4.62. The van der Waals surface area contributed by atoms with Crippen LogP contribution >= 0.6 is 0 Å². The zero-order valence-electron chi connectivity index (χ0n) is 15.0. The molecule has 144 valence electrons. The smallest absolute Gasteiger partial charge is 0.341 e. The number of rotatable bonds is 4. The van der Waals surface area contributed by atoms with E-state index in [-0.39, 0.29) is 23.3 Å². The van der Waals surface area contributed by atoms with E-state index < -0.39 is 22.8 Å². The number of nitrogens with zero attached hydrogens (tertiary/aromatic N) is 2. The van der Waals surface area contributed by atoms with E-state index in [0.717, 1.165) is 17.2 Å². The fraction of sp³-hybridized carbons (Fsp3) is 0.0455. The van der Waals surface area contributed by atoms with Gasteiger partial charge in [-0.25, -0.2) is 13.6 Å². The van der Waals surface area contributed by atoms with Gasteiger partial charge in [0.2, 0.25) is 5.43 Å². The molecule has 2 aromatic heterocycles. The molecule has 0 spiro atoms. The Labute approximate surface area is 163 Å². The number of hydrogen-bond donors (Lipinski definition) is 1. The number of carboxylic acid groups (broad SMARTS) is 1. The largest absolute Gasteiger partial charge is 0.477 e. The molecule has 0 saturated carbocycles. The van der Waals surface area contributed by atoms with Gasteiger partial charge in [0, 0.05) is 18.0 Å². The van der Waals surface area contributed by atoms with Crippen molar-refractivity contribution in [2.24, 2.45) is 0 Å². The normalized spacial score (nSPS) is 11.0. The van der Waals surface area contributed by atoms with Crippen molar-refractivity contribution in [3.8, 4) is 11.1 Å². The SMILES string of the molecule is O=C(O)c1cn(Cc2ccc(-c3ccc(F)cc3)cn2)c2cccc(F)c2c1=O. The van der Waals surface area contributed by atoms with E-state index in [9.17, 15) is 23.5 Å². The summed E-state index contributed by atoms with van der Waals surface area (Å²) in [6, 6.07) is 13.7. The van der Waals surface area contributed by atoms with Gasteiger partial charge in [0.15, 0.2) is 0 Å². The minimum Gasteiger partial charge on any atom is -0.477 e. The van der Waals surface area contributed by atoms with E-state index in [1.54, 1.807) is 36.5 Å². The first kappa shape index (κ1) is 18.5. The lowest BCUT2D eigenvalue weighted by Gasteiger charge is -2.13. The van der Waals surface area contributed by atoms with Crippen molar-refractivity contribution in [3.63, 3.8) is 0 Å². The third kappa shape index (κ3) is 3.50. The molecule has 7 heteroatoms. The highest BCUT2D eigenvalue weighted by Gasteiger charge is 2.17. The van der Waals surface area contributed by atoms with Gasteiger partial charge < -0.3 is 9.67 Å². The minimum absolute atomic E-state index is 0.143. The Bertz CT molecular complexity index is 1280. The summed E-state index contributed by atoms with van der Waals surface area (Å²) in [5.74, 6) is -2.53. The quantitative estimate of drug-likeness (QED) is 0.568. The molecule has 0 fully saturated rings. The number of hydrogen-bond acceptors (Lipinski definition) is 3. The van der Waals surface area contributed by atoms with E-state index in [1.807, 2.05) is 0 Å². The number of carbonyl (C=O) groups is 1. The lowest BCUT2D eigenvalue weighted by molar-refractivity contribution is 0.0695. The molecule has 2 heterocycles. The van der Waals surface area contributed by atoms with Crippen molar-refractivity contribution in [2.45, 2.75) is 6.54 Å². The van der Waals surface area contributed by atoms with Crippen LogP contribution in [0.5, 0.6) is 0 Å². The molecule has 4 rings (SSSR count). The van der Waals surface area contributed by atoms with Crippen LogP contribution in [0.25, 0.3) is 22.0 Å². The average Bonchev–Trinajstić information content (AvgIpc) is 2.71. The summed E-state index contributed by atoms with van der Waals surface area (Å²) in [6.07, 6.45) is 2.81. The summed E-state index contributed by atoms with van der Waals surface area (Å²) in [5, 5.41) is 9.04. The van der Waals surface area contributed by atoms with Crippen LogP contribution in [0.15, 0.2) is 71.8 Å². The van der Waals surface area contributed by atoms with Crippen LogP contribution in [0.1, 0.15) is 16.1 Å². The Morgan fingerprint density at radius 1 is 1.00 bits per heavy atom. The maximum Gasteiger partial charge on any atom is 0.341 e. The summed E-state index contributed by atoms with van der Waals surface area (Å²) < 4.78 is 28.8. The molecule has 1 N–H and O–H groups in total. The average molecular weight is 392 g/mol. The van der Waals surface area contributed by atoms with Gasteiger partial charge in [-0.2, -0.15) is 0 Å². The second-order valence-electron chi connectivity index (χ2n) is 6.48. The molecule has 0 radical (unpaired) electrons. The molecule has 29 heavy (non-hydrogen) atoms. The standard InChI is InChI=1S/C22H14F2N2O3/c23-15-7-4-13(5-8-15)14-6-9-16(25-10-14)11-26-12-17(22(28)29)21(27)20-18(24)2-1-3-19(20)26/h1-10,12H,11H2,(H,28,29). The lowest BCUT2D eigenvalue weighted by atomic mass is 10.1. The number of pyridine rings is 2. The molecule has 2 aromatic carbocycles. The third-order valence-corrected chi connectivity index (χ3v) is 4.62. The Kier molecular flexibility index (Phi) is 4.64.